The normalized spacial score (nSPS) is 40.8. The summed E-state index contributed by atoms with van der Waals surface area (Å²) in [4.78, 5) is 4.58. The minimum atomic E-state index is -0.00216. The Morgan fingerprint density at radius 2 is 2.64 bits per heavy atom. The highest BCUT2D eigenvalue weighted by molar-refractivity contribution is 6.08. The average Bonchev–Trinajstić information content (AvgIpc) is 2.78. The van der Waals surface area contributed by atoms with E-state index >= 15 is 0 Å². The van der Waals surface area contributed by atoms with Crippen molar-refractivity contribution in [2.75, 3.05) is 6.54 Å². The van der Waals surface area contributed by atoms with Crippen LogP contribution in [-0.4, -0.2) is 24.0 Å². The number of aliphatic imine (C=N–C) groups is 1. The highest BCUT2D eigenvalue weighted by Gasteiger charge is 2.63. The molecular formula is C12H15NO. The van der Waals surface area contributed by atoms with E-state index in [2.05, 4.69) is 30.1 Å². The van der Waals surface area contributed by atoms with Gasteiger partial charge in [0.2, 0.25) is 0 Å². The van der Waals surface area contributed by atoms with Crippen LogP contribution < -0.4 is 0 Å². The number of nitrogens with zero attached hydrogens (tertiary/aromatic N) is 1. The molecule has 0 amide bonds. The van der Waals surface area contributed by atoms with Crippen LogP contribution in [0, 0.1) is 0 Å². The minimum absolute atomic E-state index is 0.00216. The lowest BCUT2D eigenvalue weighted by Crippen LogP contribution is -2.27. The summed E-state index contributed by atoms with van der Waals surface area (Å²) >= 11 is 0. The van der Waals surface area contributed by atoms with E-state index in [1.165, 1.54) is 17.7 Å². The van der Waals surface area contributed by atoms with Crippen LogP contribution in [0.5, 0.6) is 0 Å². The second-order valence-corrected chi connectivity index (χ2v) is 4.26. The third-order valence-corrected chi connectivity index (χ3v) is 3.29. The van der Waals surface area contributed by atoms with E-state index in [9.17, 15) is 0 Å². The lowest BCUT2D eigenvalue weighted by Gasteiger charge is -2.13. The Labute approximate surface area is 84.4 Å². The van der Waals surface area contributed by atoms with Crippen molar-refractivity contribution in [2.45, 2.75) is 37.9 Å². The van der Waals surface area contributed by atoms with E-state index < -0.39 is 0 Å². The van der Waals surface area contributed by atoms with Gasteiger partial charge in [0.05, 0.1) is 12.3 Å². The molecule has 1 fully saturated rings. The highest BCUT2D eigenvalue weighted by Crippen LogP contribution is 2.50. The van der Waals surface area contributed by atoms with Gasteiger partial charge in [-0.1, -0.05) is 25.5 Å². The molecule has 0 aromatic rings. The Balaban J connectivity index is 1.85. The molecular weight excluding hydrogens is 174 g/mol. The molecule has 0 aromatic carbocycles. The molecule has 1 aliphatic carbocycles. The van der Waals surface area contributed by atoms with Gasteiger partial charge >= 0.3 is 0 Å². The maximum atomic E-state index is 5.84. The van der Waals surface area contributed by atoms with E-state index in [0.717, 1.165) is 19.4 Å². The zero-order chi connectivity index (χ0) is 9.60. The lowest BCUT2D eigenvalue weighted by atomic mass is 9.92. The molecule has 2 aliphatic heterocycles. The number of hydrogen-bond donors (Lipinski definition) is 0. The molecule has 1 saturated heterocycles. The van der Waals surface area contributed by atoms with Crippen molar-refractivity contribution in [1.82, 2.24) is 0 Å². The van der Waals surface area contributed by atoms with Crippen LogP contribution in [-0.2, 0) is 4.74 Å². The molecule has 2 heteroatoms. The molecule has 0 saturated carbocycles. The predicted octanol–water partition coefficient (Wildman–Crippen LogP) is 2.27. The molecule has 0 aromatic heterocycles. The maximum absolute atomic E-state index is 5.84. The van der Waals surface area contributed by atoms with Crippen molar-refractivity contribution < 1.29 is 4.74 Å². The maximum Gasteiger partial charge on any atom is 0.144 e. The first kappa shape index (κ1) is 8.42. The van der Waals surface area contributed by atoms with Gasteiger partial charge in [0, 0.05) is 6.42 Å². The van der Waals surface area contributed by atoms with Crippen molar-refractivity contribution in [2.24, 2.45) is 4.99 Å². The third-order valence-electron chi connectivity index (χ3n) is 3.29. The van der Waals surface area contributed by atoms with Gasteiger partial charge in [0.15, 0.2) is 0 Å². The van der Waals surface area contributed by atoms with Gasteiger partial charge in [0.25, 0.3) is 0 Å². The summed E-state index contributed by atoms with van der Waals surface area (Å²) in [6.45, 7) is 3.06. The Hall–Kier alpha value is -0.890. The lowest BCUT2D eigenvalue weighted by molar-refractivity contribution is 0.358. The fourth-order valence-corrected chi connectivity index (χ4v) is 2.44. The summed E-state index contributed by atoms with van der Waals surface area (Å²) in [5, 5.41) is 0. The van der Waals surface area contributed by atoms with Crippen LogP contribution in [0.3, 0.4) is 0 Å². The summed E-state index contributed by atoms with van der Waals surface area (Å²) in [5.41, 5.74) is 2.58. The molecule has 2 heterocycles. The van der Waals surface area contributed by atoms with Crippen molar-refractivity contribution in [3.63, 3.8) is 0 Å². The highest BCUT2D eigenvalue weighted by atomic mass is 16.6. The van der Waals surface area contributed by atoms with Crippen molar-refractivity contribution in [3.05, 3.63) is 23.8 Å². The summed E-state index contributed by atoms with van der Waals surface area (Å²) < 4.78 is 5.84. The Morgan fingerprint density at radius 3 is 3.50 bits per heavy atom. The van der Waals surface area contributed by atoms with Crippen LogP contribution in [0.1, 0.15) is 26.2 Å². The first-order chi connectivity index (χ1) is 6.87. The molecule has 0 bridgehead atoms. The molecule has 1 spiro atoms. The second-order valence-electron chi connectivity index (χ2n) is 4.26. The van der Waals surface area contributed by atoms with Gasteiger partial charge in [-0.25, -0.2) is 0 Å². The first-order valence-electron chi connectivity index (χ1n) is 5.45. The van der Waals surface area contributed by atoms with Gasteiger partial charge < -0.3 is 4.74 Å². The number of allylic oxidation sites excluding steroid dienone is 1. The number of rotatable bonds is 2. The van der Waals surface area contributed by atoms with Crippen molar-refractivity contribution in [1.29, 1.82) is 0 Å². The quantitative estimate of drug-likeness (QED) is 0.483. The fourth-order valence-electron chi connectivity index (χ4n) is 2.44. The summed E-state index contributed by atoms with van der Waals surface area (Å²) in [5.74, 6) is 0. The number of ether oxygens (including phenoxy) is 1. The van der Waals surface area contributed by atoms with Gasteiger partial charge in [0.1, 0.15) is 11.7 Å². The molecule has 2 atom stereocenters. The predicted molar refractivity (Wildman–Crippen MR) is 56.7 cm³/mol. The van der Waals surface area contributed by atoms with Gasteiger partial charge in [-0.3, -0.25) is 4.99 Å². The summed E-state index contributed by atoms with van der Waals surface area (Å²) in [6.07, 6.45) is 10.4. The Kier molecular flexibility index (Phi) is 1.68. The summed E-state index contributed by atoms with van der Waals surface area (Å²) in [7, 11) is 0. The fraction of sp³-hybridized carbons (Fsp3) is 0.583. The third kappa shape index (κ3) is 0.976. The molecule has 2 nitrogen and oxygen atoms in total. The van der Waals surface area contributed by atoms with Crippen LogP contribution in [0.25, 0.3) is 0 Å². The SMILES string of the molecule is CCCC=C1CN=C2C=CCC23OC13. The monoisotopic (exact) mass is 189 g/mol. The van der Waals surface area contributed by atoms with Crippen LogP contribution >= 0.6 is 0 Å². The standard InChI is InChI=1S/C12H15NO/c1-2-3-5-9-8-13-10-6-4-7-12(10)11(9)14-12/h4-6,11H,2-3,7-8H2,1H3. The van der Waals surface area contributed by atoms with E-state index in [0.29, 0.717) is 6.10 Å². The van der Waals surface area contributed by atoms with Gasteiger partial charge in [-0.2, -0.15) is 0 Å². The largest absolute Gasteiger partial charge is 0.354 e. The van der Waals surface area contributed by atoms with Crippen LogP contribution in [0.2, 0.25) is 0 Å². The Bertz CT molecular complexity index is 353. The van der Waals surface area contributed by atoms with E-state index in [4.69, 9.17) is 4.74 Å². The first-order valence-corrected chi connectivity index (χ1v) is 5.45. The van der Waals surface area contributed by atoms with E-state index in [1.54, 1.807) is 0 Å². The average molecular weight is 189 g/mol. The van der Waals surface area contributed by atoms with Crippen molar-refractivity contribution in [3.8, 4) is 0 Å². The number of epoxide rings is 1. The Morgan fingerprint density at radius 1 is 1.71 bits per heavy atom. The zero-order valence-electron chi connectivity index (χ0n) is 8.49. The van der Waals surface area contributed by atoms with Gasteiger partial charge in [-0.05, 0) is 18.1 Å². The van der Waals surface area contributed by atoms with E-state index in [-0.39, 0.29) is 5.60 Å². The minimum Gasteiger partial charge on any atom is -0.354 e. The number of unbranched alkanes of at least 4 members (excludes halogenated alkanes) is 1. The second kappa shape index (κ2) is 2.80. The molecule has 3 rings (SSSR count). The number of hydrogen-bond acceptors (Lipinski definition) is 2. The van der Waals surface area contributed by atoms with Gasteiger partial charge in [-0.15, -0.1) is 0 Å². The molecule has 14 heavy (non-hydrogen) atoms. The topological polar surface area (TPSA) is 24.9 Å². The smallest absolute Gasteiger partial charge is 0.144 e. The molecule has 3 aliphatic rings. The molecule has 74 valence electrons. The molecule has 0 N–H and O–H groups in total. The van der Waals surface area contributed by atoms with E-state index in [1.807, 2.05) is 0 Å². The van der Waals surface area contributed by atoms with Crippen LogP contribution in [0.4, 0.5) is 0 Å². The molecule has 2 unspecified atom stereocenters. The van der Waals surface area contributed by atoms with Crippen LogP contribution in [0.15, 0.2) is 28.8 Å². The van der Waals surface area contributed by atoms with Crippen molar-refractivity contribution >= 4 is 5.71 Å². The zero-order valence-corrected chi connectivity index (χ0v) is 8.49. The summed E-state index contributed by atoms with van der Waals surface area (Å²) in [6, 6.07) is 0. The molecule has 0 radical (unpaired) electrons.